The van der Waals surface area contributed by atoms with Crippen LogP contribution in [0.5, 0.6) is 0 Å². The molecule has 0 aliphatic carbocycles. The Labute approximate surface area is 136 Å². The molecule has 2 aromatic rings. The highest BCUT2D eigenvalue weighted by molar-refractivity contribution is 5.94. The van der Waals surface area contributed by atoms with Gasteiger partial charge in [0.15, 0.2) is 0 Å². The molecule has 1 aliphatic heterocycles. The van der Waals surface area contributed by atoms with Crippen molar-refractivity contribution in [2.75, 3.05) is 13.2 Å². The first-order valence-corrected chi connectivity index (χ1v) is 8.26. The average molecular weight is 313 g/mol. The normalized spacial score (nSPS) is 18.1. The number of aliphatic hydroxyl groups excluding tert-OH is 1. The number of rotatable bonds is 5. The van der Waals surface area contributed by atoms with Gasteiger partial charge in [-0.05, 0) is 31.2 Å². The molecule has 0 spiro atoms. The largest absolute Gasteiger partial charge is 0.396 e. The molecule has 1 amide bonds. The van der Waals surface area contributed by atoms with Crippen LogP contribution >= 0.6 is 0 Å². The van der Waals surface area contributed by atoms with Gasteiger partial charge in [-0.15, -0.1) is 0 Å². The molecule has 1 aliphatic rings. The van der Waals surface area contributed by atoms with Gasteiger partial charge in [0, 0.05) is 25.4 Å². The van der Waals surface area contributed by atoms with Crippen molar-refractivity contribution in [1.82, 2.24) is 14.7 Å². The van der Waals surface area contributed by atoms with Gasteiger partial charge in [0.1, 0.15) is 0 Å². The SMILES string of the molecule is O=C(c1cnn(Cc2ccccc2)c1)N1CCCCC1CCO. The standard InChI is InChI=1S/C18H23N3O2/c22-11-9-17-8-4-5-10-21(17)18(23)16-12-19-20(14-16)13-15-6-2-1-3-7-15/h1-3,6-7,12,14,17,22H,4-5,8-11,13H2. The fourth-order valence-electron chi connectivity index (χ4n) is 3.21. The number of likely N-dealkylation sites (tertiary alicyclic amines) is 1. The molecule has 1 aromatic carbocycles. The molecule has 0 radical (unpaired) electrons. The molecule has 5 heteroatoms. The summed E-state index contributed by atoms with van der Waals surface area (Å²) in [6, 6.07) is 10.2. The number of carbonyl (C=O) groups excluding carboxylic acids is 1. The summed E-state index contributed by atoms with van der Waals surface area (Å²) in [5, 5.41) is 13.5. The molecule has 1 aromatic heterocycles. The van der Waals surface area contributed by atoms with Crippen LogP contribution < -0.4 is 0 Å². The lowest BCUT2D eigenvalue weighted by molar-refractivity contribution is 0.0574. The van der Waals surface area contributed by atoms with Gasteiger partial charge in [-0.2, -0.15) is 5.10 Å². The van der Waals surface area contributed by atoms with E-state index in [1.54, 1.807) is 10.9 Å². The first kappa shape index (κ1) is 15.7. The van der Waals surface area contributed by atoms with E-state index >= 15 is 0 Å². The van der Waals surface area contributed by atoms with Gasteiger partial charge < -0.3 is 10.0 Å². The van der Waals surface area contributed by atoms with E-state index in [1.807, 2.05) is 41.4 Å². The summed E-state index contributed by atoms with van der Waals surface area (Å²) in [5.74, 6) is 0.0301. The predicted molar refractivity (Wildman–Crippen MR) is 88.1 cm³/mol. The van der Waals surface area contributed by atoms with Crippen molar-refractivity contribution in [3.8, 4) is 0 Å². The molecule has 1 fully saturated rings. The second-order valence-corrected chi connectivity index (χ2v) is 6.07. The van der Waals surface area contributed by atoms with E-state index in [2.05, 4.69) is 5.10 Å². The molecule has 0 bridgehead atoms. The predicted octanol–water partition coefficient (Wildman–Crippen LogP) is 2.31. The maximum absolute atomic E-state index is 12.7. The Bertz CT molecular complexity index is 637. The molecule has 1 atom stereocenters. The highest BCUT2D eigenvalue weighted by atomic mass is 16.3. The van der Waals surface area contributed by atoms with E-state index in [-0.39, 0.29) is 18.6 Å². The molecule has 1 saturated heterocycles. The first-order chi connectivity index (χ1) is 11.3. The summed E-state index contributed by atoms with van der Waals surface area (Å²) < 4.78 is 1.80. The van der Waals surface area contributed by atoms with Crippen molar-refractivity contribution in [2.24, 2.45) is 0 Å². The molecule has 5 nitrogen and oxygen atoms in total. The van der Waals surface area contributed by atoms with Gasteiger partial charge >= 0.3 is 0 Å². The van der Waals surface area contributed by atoms with Crippen LogP contribution in [-0.2, 0) is 6.54 Å². The van der Waals surface area contributed by atoms with E-state index in [1.165, 1.54) is 0 Å². The number of carbonyl (C=O) groups is 1. The zero-order chi connectivity index (χ0) is 16.1. The van der Waals surface area contributed by atoms with Crippen LogP contribution in [-0.4, -0.2) is 44.9 Å². The lowest BCUT2D eigenvalue weighted by Crippen LogP contribution is -2.44. The van der Waals surface area contributed by atoms with Crippen LogP contribution in [0.4, 0.5) is 0 Å². The molecule has 122 valence electrons. The summed E-state index contributed by atoms with van der Waals surface area (Å²) in [4.78, 5) is 14.6. The quantitative estimate of drug-likeness (QED) is 0.921. The Kier molecular flexibility index (Phi) is 5.08. The van der Waals surface area contributed by atoms with E-state index in [0.717, 1.165) is 31.4 Å². The smallest absolute Gasteiger partial charge is 0.257 e. The van der Waals surface area contributed by atoms with Gasteiger partial charge in [-0.1, -0.05) is 30.3 Å². The topological polar surface area (TPSA) is 58.4 Å². The fraction of sp³-hybridized carbons (Fsp3) is 0.444. The third-order valence-corrected chi connectivity index (χ3v) is 4.42. The van der Waals surface area contributed by atoms with Crippen LogP contribution in [0.1, 0.15) is 41.6 Å². The Hall–Kier alpha value is -2.14. The van der Waals surface area contributed by atoms with Crippen molar-refractivity contribution < 1.29 is 9.90 Å². The number of aliphatic hydroxyl groups is 1. The third-order valence-electron chi connectivity index (χ3n) is 4.42. The van der Waals surface area contributed by atoms with Gasteiger partial charge in [0.25, 0.3) is 5.91 Å². The van der Waals surface area contributed by atoms with Gasteiger partial charge in [0.05, 0.1) is 18.3 Å². The highest BCUT2D eigenvalue weighted by Gasteiger charge is 2.27. The maximum Gasteiger partial charge on any atom is 0.257 e. The second-order valence-electron chi connectivity index (χ2n) is 6.07. The maximum atomic E-state index is 12.7. The summed E-state index contributed by atoms with van der Waals surface area (Å²) in [7, 11) is 0. The zero-order valence-electron chi connectivity index (χ0n) is 13.3. The highest BCUT2D eigenvalue weighted by Crippen LogP contribution is 2.21. The van der Waals surface area contributed by atoms with Crippen molar-refractivity contribution >= 4 is 5.91 Å². The lowest BCUT2D eigenvalue weighted by atomic mass is 9.99. The molecular weight excluding hydrogens is 290 g/mol. The third kappa shape index (κ3) is 3.79. The molecule has 3 rings (SSSR count). The van der Waals surface area contributed by atoms with Crippen LogP contribution in [0.2, 0.25) is 0 Å². The molecular formula is C18H23N3O2. The van der Waals surface area contributed by atoms with Gasteiger partial charge in [-0.3, -0.25) is 9.48 Å². The number of benzene rings is 1. The Morgan fingerprint density at radius 1 is 1.26 bits per heavy atom. The van der Waals surface area contributed by atoms with Crippen LogP contribution in [0.25, 0.3) is 0 Å². The summed E-state index contributed by atoms with van der Waals surface area (Å²) in [5.41, 5.74) is 1.79. The van der Waals surface area contributed by atoms with Crippen LogP contribution in [0.15, 0.2) is 42.7 Å². The minimum atomic E-state index is 0.0301. The lowest BCUT2D eigenvalue weighted by Gasteiger charge is -2.35. The van der Waals surface area contributed by atoms with Crippen molar-refractivity contribution in [3.05, 3.63) is 53.9 Å². The summed E-state index contributed by atoms with van der Waals surface area (Å²) in [6.07, 6.45) is 7.26. The van der Waals surface area contributed by atoms with Crippen molar-refractivity contribution in [2.45, 2.75) is 38.3 Å². The van der Waals surface area contributed by atoms with E-state index in [0.29, 0.717) is 18.5 Å². The van der Waals surface area contributed by atoms with Crippen molar-refractivity contribution in [1.29, 1.82) is 0 Å². The van der Waals surface area contributed by atoms with Crippen LogP contribution in [0, 0.1) is 0 Å². The van der Waals surface area contributed by atoms with E-state index in [4.69, 9.17) is 0 Å². The number of nitrogens with zero attached hydrogens (tertiary/aromatic N) is 3. The Morgan fingerprint density at radius 2 is 2.09 bits per heavy atom. The number of aromatic nitrogens is 2. The summed E-state index contributed by atoms with van der Waals surface area (Å²) >= 11 is 0. The number of amides is 1. The van der Waals surface area contributed by atoms with Gasteiger partial charge in [-0.25, -0.2) is 0 Å². The summed E-state index contributed by atoms with van der Waals surface area (Å²) in [6.45, 7) is 1.56. The minimum absolute atomic E-state index is 0.0301. The van der Waals surface area contributed by atoms with Crippen molar-refractivity contribution in [3.63, 3.8) is 0 Å². The molecule has 23 heavy (non-hydrogen) atoms. The molecule has 2 heterocycles. The minimum Gasteiger partial charge on any atom is -0.396 e. The van der Waals surface area contributed by atoms with Crippen LogP contribution in [0.3, 0.4) is 0 Å². The number of hydrogen-bond donors (Lipinski definition) is 1. The van der Waals surface area contributed by atoms with E-state index < -0.39 is 0 Å². The fourth-order valence-corrected chi connectivity index (χ4v) is 3.21. The number of hydrogen-bond acceptors (Lipinski definition) is 3. The average Bonchev–Trinajstić information content (AvgIpc) is 3.04. The second kappa shape index (κ2) is 7.42. The monoisotopic (exact) mass is 313 g/mol. The number of piperidine rings is 1. The molecule has 1 N–H and O–H groups in total. The van der Waals surface area contributed by atoms with E-state index in [9.17, 15) is 9.90 Å². The Balaban J connectivity index is 1.70. The first-order valence-electron chi connectivity index (χ1n) is 8.26. The zero-order valence-corrected chi connectivity index (χ0v) is 13.3. The van der Waals surface area contributed by atoms with Gasteiger partial charge in [0.2, 0.25) is 0 Å². The molecule has 1 unspecified atom stereocenters. The molecule has 0 saturated carbocycles. The Morgan fingerprint density at radius 3 is 2.87 bits per heavy atom.